The first kappa shape index (κ1) is 17.1. The summed E-state index contributed by atoms with van der Waals surface area (Å²) in [6.07, 6.45) is 6.24. The topological polar surface area (TPSA) is 45.7 Å². The van der Waals surface area contributed by atoms with Crippen molar-refractivity contribution in [3.05, 3.63) is 23.4 Å². The summed E-state index contributed by atoms with van der Waals surface area (Å²) in [4.78, 5) is 21.4. The number of nitrogens with zero attached hydrogens (tertiary/aromatic N) is 3. The summed E-state index contributed by atoms with van der Waals surface area (Å²) in [6.45, 7) is 10.8. The second-order valence-electron chi connectivity index (χ2n) is 7.93. The maximum atomic E-state index is 12.5. The predicted molar refractivity (Wildman–Crippen MR) is 95.3 cm³/mol. The lowest BCUT2D eigenvalue weighted by Crippen LogP contribution is -2.36. The van der Waals surface area contributed by atoms with Gasteiger partial charge in [0.05, 0.1) is 6.04 Å². The van der Waals surface area contributed by atoms with Crippen molar-refractivity contribution >= 4 is 11.9 Å². The molecule has 1 amide bonds. The molecule has 24 heavy (non-hydrogen) atoms. The molecule has 0 aliphatic carbocycles. The molecule has 0 radical (unpaired) electrons. The van der Waals surface area contributed by atoms with Crippen LogP contribution in [0.1, 0.15) is 63.6 Å². The van der Waals surface area contributed by atoms with E-state index in [1.54, 1.807) is 0 Å². The summed E-state index contributed by atoms with van der Waals surface area (Å²) < 4.78 is 5.58. The Morgan fingerprint density at radius 2 is 1.92 bits per heavy atom. The maximum absolute atomic E-state index is 12.5. The zero-order chi connectivity index (χ0) is 17.3. The van der Waals surface area contributed by atoms with Crippen LogP contribution in [0.15, 0.2) is 12.3 Å². The Bertz CT molecular complexity index is 603. The van der Waals surface area contributed by atoms with Gasteiger partial charge in [0.1, 0.15) is 11.4 Å². The fourth-order valence-electron chi connectivity index (χ4n) is 3.65. The minimum Gasteiger partial charge on any atom is -0.444 e. The highest BCUT2D eigenvalue weighted by Gasteiger charge is 2.34. The molecule has 0 aromatic carbocycles. The Morgan fingerprint density at radius 1 is 1.21 bits per heavy atom. The Kier molecular flexibility index (Phi) is 4.70. The normalized spacial score (nSPS) is 21.4. The lowest BCUT2D eigenvalue weighted by atomic mass is 10.0. The van der Waals surface area contributed by atoms with Crippen molar-refractivity contribution in [2.45, 2.75) is 65.0 Å². The third-order valence-corrected chi connectivity index (χ3v) is 4.81. The number of carbonyl (C=O) groups is 1. The van der Waals surface area contributed by atoms with E-state index in [2.05, 4.69) is 22.9 Å². The van der Waals surface area contributed by atoms with Crippen LogP contribution in [0.3, 0.4) is 0 Å². The van der Waals surface area contributed by atoms with Crippen LogP contribution in [0.4, 0.5) is 10.6 Å². The van der Waals surface area contributed by atoms with Gasteiger partial charge in [-0.25, -0.2) is 9.78 Å². The minimum atomic E-state index is -0.461. The van der Waals surface area contributed by atoms with Gasteiger partial charge in [0.15, 0.2) is 0 Å². The van der Waals surface area contributed by atoms with Crippen LogP contribution in [0.25, 0.3) is 0 Å². The zero-order valence-electron chi connectivity index (χ0n) is 15.3. The highest BCUT2D eigenvalue weighted by molar-refractivity contribution is 5.69. The first-order chi connectivity index (χ1) is 11.3. The molecule has 1 aromatic rings. The molecule has 2 saturated heterocycles. The number of likely N-dealkylation sites (tertiary alicyclic amines) is 1. The molecule has 3 heterocycles. The molecule has 0 spiro atoms. The first-order valence-corrected chi connectivity index (χ1v) is 9.06. The van der Waals surface area contributed by atoms with E-state index >= 15 is 0 Å². The van der Waals surface area contributed by atoms with Gasteiger partial charge in [-0.05, 0) is 70.6 Å². The van der Waals surface area contributed by atoms with Gasteiger partial charge in [-0.15, -0.1) is 0 Å². The third kappa shape index (κ3) is 3.65. The molecule has 2 fully saturated rings. The van der Waals surface area contributed by atoms with Crippen molar-refractivity contribution in [1.29, 1.82) is 0 Å². The fraction of sp³-hybridized carbons (Fsp3) is 0.684. The summed E-state index contributed by atoms with van der Waals surface area (Å²) in [7, 11) is 0. The summed E-state index contributed by atoms with van der Waals surface area (Å²) in [6, 6.07) is 2.26. The minimum absolute atomic E-state index is 0.0833. The zero-order valence-corrected chi connectivity index (χ0v) is 15.3. The van der Waals surface area contributed by atoms with E-state index in [0.29, 0.717) is 0 Å². The Balaban J connectivity index is 1.78. The van der Waals surface area contributed by atoms with Gasteiger partial charge in [0.25, 0.3) is 0 Å². The van der Waals surface area contributed by atoms with E-state index < -0.39 is 5.60 Å². The number of hydrogen-bond acceptors (Lipinski definition) is 4. The Hall–Kier alpha value is -1.78. The van der Waals surface area contributed by atoms with Gasteiger partial charge in [-0.2, -0.15) is 0 Å². The van der Waals surface area contributed by atoms with Crippen molar-refractivity contribution < 1.29 is 9.53 Å². The second kappa shape index (κ2) is 6.61. The number of anilines is 1. The van der Waals surface area contributed by atoms with Gasteiger partial charge in [0, 0.05) is 25.8 Å². The van der Waals surface area contributed by atoms with Crippen LogP contribution in [-0.2, 0) is 4.74 Å². The SMILES string of the molecule is Cc1cc(N2CCCC2)ncc1C1CCCN1C(=O)OC(C)(C)C. The molecule has 3 rings (SSSR count). The van der Waals surface area contributed by atoms with Gasteiger partial charge < -0.3 is 14.5 Å². The molecule has 5 nitrogen and oxygen atoms in total. The Morgan fingerprint density at radius 3 is 2.54 bits per heavy atom. The van der Waals surface area contributed by atoms with Crippen LogP contribution in [0, 0.1) is 6.92 Å². The van der Waals surface area contributed by atoms with E-state index in [1.165, 1.54) is 18.4 Å². The molecule has 2 aliphatic rings. The highest BCUT2D eigenvalue weighted by Crippen LogP contribution is 2.35. The van der Waals surface area contributed by atoms with Crippen molar-refractivity contribution in [3.8, 4) is 0 Å². The molecule has 1 unspecified atom stereocenters. The van der Waals surface area contributed by atoms with Crippen molar-refractivity contribution in [1.82, 2.24) is 9.88 Å². The van der Waals surface area contributed by atoms with Crippen molar-refractivity contribution in [2.24, 2.45) is 0 Å². The number of aryl methyl sites for hydroxylation is 1. The van der Waals surface area contributed by atoms with E-state index in [9.17, 15) is 4.79 Å². The quantitative estimate of drug-likeness (QED) is 0.820. The molecule has 1 aromatic heterocycles. The largest absolute Gasteiger partial charge is 0.444 e. The number of carbonyl (C=O) groups excluding carboxylic acids is 1. The average molecular weight is 331 g/mol. The lowest BCUT2D eigenvalue weighted by molar-refractivity contribution is 0.0224. The van der Waals surface area contributed by atoms with Crippen LogP contribution in [-0.4, -0.2) is 41.2 Å². The van der Waals surface area contributed by atoms with Gasteiger partial charge in [-0.3, -0.25) is 0 Å². The molecule has 0 saturated carbocycles. The molecule has 5 heteroatoms. The third-order valence-electron chi connectivity index (χ3n) is 4.81. The summed E-state index contributed by atoms with van der Waals surface area (Å²) >= 11 is 0. The molecule has 132 valence electrons. The van der Waals surface area contributed by atoms with Crippen LogP contribution < -0.4 is 4.90 Å². The van der Waals surface area contributed by atoms with Crippen LogP contribution >= 0.6 is 0 Å². The highest BCUT2D eigenvalue weighted by atomic mass is 16.6. The van der Waals surface area contributed by atoms with E-state index in [-0.39, 0.29) is 12.1 Å². The van der Waals surface area contributed by atoms with Gasteiger partial charge in [0.2, 0.25) is 0 Å². The lowest BCUT2D eigenvalue weighted by Gasteiger charge is -2.29. The van der Waals surface area contributed by atoms with Gasteiger partial charge >= 0.3 is 6.09 Å². The van der Waals surface area contributed by atoms with E-state index in [0.717, 1.165) is 43.9 Å². The number of pyridine rings is 1. The Labute approximate surface area is 145 Å². The van der Waals surface area contributed by atoms with Crippen molar-refractivity contribution in [2.75, 3.05) is 24.5 Å². The number of amides is 1. The van der Waals surface area contributed by atoms with Crippen molar-refractivity contribution in [3.63, 3.8) is 0 Å². The monoisotopic (exact) mass is 331 g/mol. The molecule has 0 N–H and O–H groups in total. The molecular formula is C19H29N3O2. The van der Waals surface area contributed by atoms with Crippen LogP contribution in [0.5, 0.6) is 0 Å². The smallest absolute Gasteiger partial charge is 0.410 e. The molecular weight excluding hydrogens is 302 g/mol. The number of rotatable bonds is 2. The molecule has 0 bridgehead atoms. The van der Waals surface area contributed by atoms with Crippen LogP contribution in [0.2, 0.25) is 0 Å². The fourth-order valence-corrected chi connectivity index (χ4v) is 3.65. The average Bonchev–Trinajstić information content (AvgIpc) is 3.17. The van der Waals surface area contributed by atoms with E-state index in [1.807, 2.05) is 31.9 Å². The summed E-state index contributed by atoms with van der Waals surface area (Å²) in [5.74, 6) is 1.07. The van der Waals surface area contributed by atoms with E-state index in [4.69, 9.17) is 4.74 Å². The number of aromatic nitrogens is 1. The summed E-state index contributed by atoms with van der Waals surface area (Å²) in [5.41, 5.74) is 1.91. The summed E-state index contributed by atoms with van der Waals surface area (Å²) in [5, 5.41) is 0. The molecule has 1 atom stereocenters. The maximum Gasteiger partial charge on any atom is 0.410 e. The van der Waals surface area contributed by atoms with Gasteiger partial charge in [-0.1, -0.05) is 0 Å². The standard InChI is InChI=1S/C19H29N3O2/c1-14-12-17(21-9-5-6-10-21)20-13-15(14)16-8-7-11-22(16)18(23)24-19(2,3)4/h12-13,16H,5-11H2,1-4H3. The first-order valence-electron chi connectivity index (χ1n) is 9.06. The molecule has 2 aliphatic heterocycles. The predicted octanol–water partition coefficient (Wildman–Crippen LogP) is 4.06. The second-order valence-corrected chi connectivity index (χ2v) is 7.93. The number of ether oxygens (including phenoxy) is 1. The number of hydrogen-bond donors (Lipinski definition) is 0.